The highest BCUT2D eigenvalue weighted by molar-refractivity contribution is 6.03. The van der Waals surface area contributed by atoms with E-state index in [2.05, 4.69) is 25.4 Å². The Bertz CT molecular complexity index is 969. The van der Waals surface area contributed by atoms with Gasteiger partial charge in [0.1, 0.15) is 11.8 Å². The van der Waals surface area contributed by atoms with Crippen LogP contribution >= 0.6 is 0 Å². The van der Waals surface area contributed by atoms with Gasteiger partial charge in [-0.05, 0) is 25.5 Å². The first-order valence-electron chi connectivity index (χ1n) is 8.50. The van der Waals surface area contributed by atoms with E-state index in [1.54, 1.807) is 25.1 Å². The van der Waals surface area contributed by atoms with E-state index in [4.69, 9.17) is 9.47 Å². The second kappa shape index (κ2) is 8.09. The third-order valence-corrected chi connectivity index (χ3v) is 4.17. The van der Waals surface area contributed by atoms with Crippen molar-refractivity contribution >= 4 is 16.9 Å². The Labute approximate surface area is 156 Å². The molecule has 0 atom stereocenters. The number of carbonyl (C=O) groups is 1. The zero-order valence-electron chi connectivity index (χ0n) is 15.8. The summed E-state index contributed by atoms with van der Waals surface area (Å²) in [5.41, 5.74) is 4.17. The lowest BCUT2D eigenvalue weighted by molar-refractivity contribution is 0.0932. The summed E-state index contributed by atoms with van der Waals surface area (Å²) in [7, 11) is 3.15. The summed E-state index contributed by atoms with van der Waals surface area (Å²) >= 11 is 0. The number of hydrogen-bond donors (Lipinski definition) is 1. The van der Waals surface area contributed by atoms with Crippen LogP contribution in [0.4, 0.5) is 0 Å². The normalized spacial score (nSPS) is 11.0. The van der Waals surface area contributed by atoms with E-state index in [9.17, 15) is 4.79 Å². The van der Waals surface area contributed by atoms with Crippen LogP contribution in [0.3, 0.4) is 0 Å². The molecule has 0 radical (unpaired) electrons. The van der Waals surface area contributed by atoms with Gasteiger partial charge in [0.15, 0.2) is 5.69 Å². The van der Waals surface area contributed by atoms with Crippen molar-refractivity contribution in [1.82, 2.24) is 30.0 Å². The number of nitrogens with zero attached hydrogens (tertiary/aromatic N) is 5. The average molecular weight is 370 g/mol. The number of carbonyl (C=O) groups excluding carboxylic acids is 1. The SMILES string of the molecule is COCCNC(=O)c1nn(Cc2ncnc(OC)c2C)c2cc(C)cnc12. The van der Waals surface area contributed by atoms with E-state index in [-0.39, 0.29) is 11.6 Å². The van der Waals surface area contributed by atoms with Crippen LogP contribution in [-0.4, -0.2) is 58.0 Å². The molecular formula is C18H22N6O3. The van der Waals surface area contributed by atoms with Crippen LogP contribution in [0.1, 0.15) is 27.3 Å². The number of fused-ring (bicyclic) bond motifs is 1. The van der Waals surface area contributed by atoms with E-state index in [0.29, 0.717) is 31.1 Å². The van der Waals surface area contributed by atoms with Crippen LogP contribution in [0.15, 0.2) is 18.6 Å². The van der Waals surface area contributed by atoms with E-state index >= 15 is 0 Å². The maximum absolute atomic E-state index is 12.5. The molecule has 0 unspecified atom stereocenters. The lowest BCUT2D eigenvalue weighted by Gasteiger charge is -2.09. The summed E-state index contributed by atoms with van der Waals surface area (Å²) in [6.45, 7) is 5.04. The molecule has 3 heterocycles. The number of amides is 1. The quantitative estimate of drug-likeness (QED) is 0.625. The van der Waals surface area contributed by atoms with Crippen LogP contribution in [0.2, 0.25) is 0 Å². The molecule has 9 nitrogen and oxygen atoms in total. The lowest BCUT2D eigenvalue weighted by atomic mass is 10.2. The molecule has 0 aliphatic carbocycles. The second-order valence-corrected chi connectivity index (χ2v) is 6.09. The highest BCUT2D eigenvalue weighted by Crippen LogP contribution is 2.21. The van der Waals surface area contributed by atoms with Gasteiger partial charge >= 0.3 is 0 Å². The van der Waals surface area contributed by atoms with Crippen molar-refractivity contribution < 1.29 is 14.3 Å². The Balaban J connectivity index is 2.00. The van der Waals surface area contributed by atoms with Crippen molar-refractivity contribution in [1.29, 1.82) is 0 Å². The molecule has 0 spiro atoms. The van der Waals surface area contributed by atoms with Gasteiger partial charge in [-0.1, -0.05) is 0 Å². The second-order valence-electron chi connectivity index (χ2n) is 6.09. The topological polar surface area (TPSA) is 104 Å². The van der Waals surface area contributed by atoms with Crippen LogP contribution < -0.4 is 10.1 Å². The van der Waals surface area contributed by atoms with Crippen molar-refractivity contribution in [2.45, 2.75) is 20.4 Å². The zero-order valence-corrected chi connectivity index (χ0v) is 15.8. The number of aryl methyl sites for hydroxylation is 1. The molecule has 9 heteroatoms. The van der Waals surface area contributed by atoms with Crippen LogP contribution in [0.5, 0.6) is 5.88 Å². The van der Waals surface area contributed by atoms with E-state index in [0.717, 1.165) is 22.3 Å². The number of aromatic nitrogens is 5. The fourth-order valence-corrected chi connectivity index (χ4v) is 2.75. The predicted octanol–water partition coefficient (Wildman–Crippen LogP) is 1.27. The van der Waals surface area contributed by atoms with E-state index < -0.39 is 0 Å². The molecule has 0 saturated carbocycles. The molecule has 3 aromatic rings. The molecule has 0 saturated heterocycles. The third-order valence-electron chi connectivity index (χ3n) is 4.17. The van der Waals surface area contributed by atoms with Crippen molar-refractivity contribution in [2.24, 2.45) is 0 Å². The maximum atomic E-state index is 12.5. The van der Waals surface area contributed by atoms with Crippen molar-refractivity contribution in [3.8, 4) is 5.88 Å². The monoisotopic (exact) mass is 370 g/mol. The van der Waals surface area contributed by atoms with Gasteiger partial charge in [-0.3, -0.25) is 14.5 Å². The van der Waals surface area contributed by atoms with Gasteiger partial charge in [0.25, 0.3) is 5.91 Å². The minimum absolute atomic E-state index is 0.278. The van der Waals surface area contributed by atoms with Crippen LogP contribution in [-0.2, 0) is 11.3 Å². The molecule has 0 aliphatic heterocycles. The number of rotatable bonds is 7. The summed E-state index contributed by atoms with van der Waals surface area (Å²) < 4.78 is 12.0. The maximum Gasteiger partial charge on any atom is 0.274 e. The standard InChI is InChI=1S/C18H22N6O3/c1-11-7-14-15(20-8-11)16(17(25)19-5-6-26-3)23-24(14)9-13-12(2)18(27-4)22-10-21-13/h7-8,10H,5-6,9H2,1-4H3,(H,19,25). The Morgan fingerprint density at radius 3 is 2.78 bits per heavy atom. The molecule has 0 bridgehead atoms. The number of nitrogens with one attached hydrogen (secondary N) is 1. The van der Waals surface area contributed by atoms with Gasteiger partial charge in [0, 0.05) is 25.4 Å². The Hall–Kier alpha value is -3.07. The Morgan fingerprint density at radius 2 is 2.04 bits per heavy atom. The summed E-state index contributed by atoms with van der Waals surface area (Å²) in [5.74, 6) is 0.229. The molecular weight excluding hydrogens is 348 g/mol. The number of methoxy groups -OCH3 is 2. The van der Waals surface area contributed by atoms with Crippen molar-refractivity contribution in [2.75, 3.05) is 27.4 Å². The molecule has 3 aromatic heterocycles. The lowest BCUT2D eigenvalue weighted by Crippen LogP contribution is -2.27. The fraction of sp³-hybridized carbons (Fsp3) is 0.389. The first-order chi connectivity index (χ1) is 13.0. The minimum atomic E-state index is -0.288. The predicted molar refractivity (Wildman–Crippen MR) is 98.9 cm³/mol. The molecule has 0 aromatic carbocycles. The molecule has 142 valence electrons. The summed E-state index contributed by atoms with van der Waals surface area (Å²) in [5, 5.41) is 7.29. The third kappa shape index (κ3) is 3.87. The van der Waals surface area contributed by atoms with Gasteiger partial charge < -0.3 is 14.8 Å². The Morgan fingerprint density at radius 1 is 1.22 bits per heavy atom. The highest BCUT2D eigenvalue weighted by Gasteiger charge is 2.20. The van der Waals surface area contributed by atoms with Crippen LogP contribution in [0, 0.1) is 13.8 Å². The molecule has 0 fully saturated rings. The molecule has 27 heavy (non-hydrogen) atoms. The van der Waals surface area contributed by atoms with Crippen molar-refractivity contribution in [3.05, 3.63) is 41.1 Å². The molecule has 0 aliphatic rings. The molecule has 1 N–H and O–H groups in total. The first kappa shape index (κ1) is 18.7. The Kier molecular flexibility index (Phi) is 5.60. The zero-order chi connectivity index (χ0) is 19.4. The summed E-state index contributed by atoms with van der Waals surface area (Å²) in [6, 6.07) is 1.95. The fourth-order valence-electron chi connectivity index (χ4n) is 2.75. The summed E-state index contributed by atoms with van der Waals surface area (Å²) in [6.07, 6.45) is 3.17. The molecule has 1 amide bonds. The number of ether oxygens (including phenoxy) is 2. The van der Waals surface area contributed by atoms with Gasteiger partial charge in [-0.2, -0.15) is 5.10 Å². The first-order valence-corrected chi connectivity index (χ1v) is 8.50. The smallest absolute Gasteiger partial charge is 0.274 e. The molecule has 3 rings (SSSR count). The van der Waals surface area contributed by atoms with Gasteiger partial charge in [0.2, 0.25) is 5.88 Å². The average Bonchev–Trinajstić information content (AvgIpc) is 3.01. The van der Waals surface area contributed by atoms with Gasteiger partial charge in [-0.25, -0.2) is 9.97 Å². The van der Waals surface area contributed by atoms with Crippen molar-refractivity contribution in [3.63, 3.8) is 0 Å². The van der Waals surface area contributed by atoms with E-state index in [1.165, 1.54) is 6.33 Å². The summed E-state index contributed by atoms with van der Waals surface area (Å²) in [4.78, 5) is 25.4. The van der Waals surface area contributed by atoms with Gasteiger partial charge in [-0.15, -0.1) is 0 Å². The largest absolute Gasteiger partial charge is 0.481 e. The highest BCUT2D eigenvalue weighted by atomic mass is 16.5. The minimum Gasteiger partial charge on any atom is -0.481 e. The van der Waals surface area contributed by atoms with Gasteiger partial charge in [0.05, 0.1) is 31.5 Å². The number of pyridine rings is 1. The van der Waals surface area contributed by atoms with Crippen LogP contribution in [0.25, 0.3) is 11.0 Å². The van der Waals surface area contributed by atoms with E-state index in [1.807, 2.05) is 19.9 Å². The number of hydrogen-bond acceptors (Lipinski definition) is 7.